The molecular formula is C34H26O3. The van der Waals surface area contributed by atoms with E-state index in [1.807, 2.05) is 115 Å². The van der Waals surface area contributed by atoms with Crippen molar-refractivity contribution in [3.05, 3.63) is 150 Å². The molecule has 6 rings (SSSR count). The number of phenols is 2. The zero-order chi connectivity index (χ0) is 25.2. The summed E-state index contributed by atoms with van der Waals surface area (Å²) in [4.78, 5) is 0. The van der Waals surface area contributed by atoms with Crippen LogP contribution in [0.5, 0.6) is 17.2 Å². The van der Waals surface area contributed by atoms with Gasteiger partial charge in [-0.25, -0.2) is 0 Å². The second-order valence-electron chi connectivity index (χ2n) is 9.22. The van der Waals surface area contributed by atoms with E-state index in [4.69, 9.17) is 4.74 Å². The summed E-state index contributed by atoms with van der Waals surface area (Å²) in [5.41, 5.74) is 3.58. The van der Waals surface area contributed by atoms with Crippen LogP contribution in [0.4, 0.5) is 0 Å². The molecule has 0 spiro atoms. The maximum Gasteiger partial charge on any atom is 0.120 e. The van der Waals surface area contributed by atoms with E-state index in [9.17, 15) is 10.2 Å². The van der Waals surface area contributed by atoms with Gasteiger partial charge in [0.1, 0.15) is 23.9 Å². The Morgan fingerprint density at radius 3 is 1.59 bits per heavy atom. The van der Waals surface area contributed by atoms with E-state index >= 15 is 0 Å². The molecule has 6 aromatic rings. The third kappa shape index (κ3) is 4.36. The van der Waals surface area contributed by atoms with Gasteiger partial charge in [-0.2, -0.15) is 0 Å². The molecule has 6 aromatic carbocycles. The average molecular weight is 483 g/mol. The van der Waals surface area contributed by atoms with Crippen LogP contribution < -0.4 is 4.74 Å². The lowest BCUT2D eigenvalue weighted by Gasteiger charge is -2.24. The van der Waals surface area contributed by atoms with Crippen LogP contribution in [0.25, 0.3) is 21.5 Å². The fourth-order valence-corrected chi connectivity index (χ4v) is 5.15. The second kappa shape index (κ2) is 9.71. The standard InChI is InChI=1S/C34H26O3/c35-30-20-16-24-10-4-6-12-28(24)33(30)32(34-29-13-7-5-11-25(29)17-21-31(34)36)26-14-18-27(19-15-26)37-22-23-8-2-1-3-9-23/h1-21,32,35-36H,22H2. The van der Waals surface area contributed by atoms with Crippen LogP contribution in [0, 0.1) is 0 Å². The van der Waals surface area contributed by atoms with Gasteiger partial charge < -0.3 is 14.9 Å². The summed E-state index contributed by atoms with van der Waals surface area (Å²) in [5.74, 6) is 0.747. The molecule has 0 heterocycles. The van der Waals surface area contributed by atoms with Gasteiger partial charge in [0.15, 0.2) is 0 Å². The van der Waals surface area contributed by atoms with Crippen LogP contribution >= 0.6 is 0 Å². The molecule has 0 aliphatic heterocycles. The van der Waals surface area contributed by atoms with Gasteiger partial charge in [0.2, 0.25) is 0 Å². The first-order chi connectivity index (χ1) is 18.2. The summed E-state index contributed by atoms with van der Waals surface area (Å²) in [6.45, 7) is 0.484. The minimum Gasteiger partial charge on any atom is -0.508 e. The molecule has 0 aliphatic carbocycles. The van der Waals surface area contributed by atoms with E-state index in [2.05, 4.69) is 0 Å². The first-order valence-electron chi connectivity index (χ1n) is 12.4. The molecule has 0 bridgehead atoms. The summed E-state index contributed by atoms with van der Waals surface area (Å²) in [7, 11) is 0. The van der Waals surface area contributed by atoms with Crippen LogP contribution in [-0.2, 0) is 6.61 Å². The second-order valence-corrected chi connectivity index (χ2v) is 9.22. The normalized spacial score (nSPS) is 11.3. The molecule has 0 amide bonds. The minimum absolute atomic E-state index is 0.195. The molecule has 0 aliphatic rings. The first kappa shape index (κ1) is 22.7. The van der Waals surface area contributed by atoms with E-state index in [1.54, 1.807) is 12.1 Å². The third-order valence-corrected chi connectivity index (χ3v) is 6.93. The predicted molar refractivity (Wildman–Crippen MR) is 149 cm³/mol. The van der Waals surface area contributed by atoms with Crippen LogP contribution in [0.3, 0.4) is 0 Å². The maximum atomic E-state index is 11.2. The lowest BCUT2D eigenvalue weighted by atomic mass is 9.80. The molecule has 0 fully saturated rings. The zero-order valence-corrected chi connectivity index (χ0v) is 20.2. The molecular weight excluding hydrogens is 456 g/mol. The Hall–Kier alpha value is -4.76. The maximum absolute atomic E-state index is 11.2. The van der Waals surface area contributed by atoms with Crippen molar-refractivity contribution in [2.45, 2.75) is 12.5 Å². The molecule has 37 heavy (non-hydrogen) atoms. The molecule has 180 valence electrons. The number of hydrogen-bond acceptors (Lipinski definition) is 3. The summed E-state index contributed by atoms with van der Waals surface area (Å²) in [6.07, 6.45) is 0. The zero-order valence-electron chi connectivity index (χ0n) is 20.2. The van der Waals surface area contributed by atoms with E-state index in [0.29, 0.717) is 6.61 Å². The van der Waals surface area contributed by atoms with E-state index in [0.717, 1.165) is 49.5 Å². The highest BCUT2D eigenvalue weighted by molar-refractivity contribution is 5.93. The van der Waals surface area contributed by atoms with E-state index < -0.39 is 5.92 Å². The molecule has 2 N–H and O–H groups in total. The highest BCUT2D eigenvalue weighted by Crippen LogP contribution is 2.46. The van der Waals surface area contributed by atoms with Gasteiger partial charge in [-0.05, 0) is 56.9 Å². The highest BCUT2D eigenvalue weighted by atomic mass is 16.5. The van der Waals surface area contributed by atoms with Gasteiger partial charge in [-0.3, -0.25) is 0 Å². The predicted octanol–water partition coefficient (Wildman–Crippen LogP) is 8.16. The first-order valence-corrected chi connectivity index (χ1v) is 12.4. The summed E-state index contributed by atoms with van der Waals surface area (Å²) < 4.78 is 6.03. The van der Waals surface area contributed by atoms with Gasteiger partial charge in [-0.15, -0.1) is 0 Å². The van der Waals surface area contributed by atoms with Crippen LogP contribution in [0.2, 0.25) is 0 Å². The molecule has 0 saturated carbocycles. The Bertz CT molecular complexity index is 1600. The molecule has 0 aromatic heterocycles. The quantitative estimate of drug-likeness (QED) is 0.235. The van der Waals surface area contributed by atoms with Gasteiger partial charge in [0, 0.05) is 17.0 Å². The number of fused-ring (bicyclic) bond motifs is 2. The fraction of sp³-hybridized carbons (Fsp3) is 0.0588. The van der Waals surface area contributed by atoms with Crippen molar-refractivity contribution in [3.63, 3.8) is 0 Å². The van der Waals surface area contributed by atoms with Crippen molar-refractivity contribution in [2.24, 2.45) is 0 Å². The Morgan fingerprint density at radius 1 is 0.514 bits per heavy atom. The monoisotopic (exact) mass is 482 g/mol. The number of phenolic OH excluding ortho intramolecular Hbond substituents is 2. The summed E-state index contributed by atoms with van der Waals surface area (Å²) in [5, 5.41) is 26.4. The van der Waals surface area contributed by atoms with Crippen LogP contribution in [-0.4, -0.2) is 10.2 Å². The lowest BCUT2D eigenvalue weighted by Crippen LogP contribution is -2.06. The Morgan fingerprint density at radius 2 is 1.03 bits per heavy atom. The largest absolute Gasteiger partial charge is 0.508 e. The minimum atomic E-state index is -0.402. The van der Waals surface area contributed by atoms with Gasteiger partial charge in [0.25, 0.3) is 0 Å². The Labute approximate surface area is 215 Å². The topological polar surface area (TPSA) is 49.7 Å². The number of ether oxygens (including phenoxy) is 1. The lowest BCUT2D eigenvalue weighted by molar-refractivity contribution is 0.306. The average Bonchev–Trinajstić information content (AvgIpc) is 2.95. The Kier molecular flexibility index (Phi) is 5.95. The summed E-state index contributed by atoms with van der Waals surface area (Å²) >= 11 is 0. The van der Waals surface area contributed by atoms with Crippen molar-refractivity contribution >= 4 is 21.5 Å². The van der Waals surface area contributed by atoms with Crippen molar-refractivity contribution in [1.29, 1.82) is 0 Å². The molecule has 0 radical (unpaired) electrons. The van der Waals surface area contributed by atoms with Gasteiger partial charge >= 0.3 is 0 Å². The summed E-state index contributed by atoms with van der Waals surface area (Å²) in [6, 6.07) is 41.4. The third-order valence-electron chi connectivity index (χ3n) is 6.93. The van der Waals surface area contributed by atoms with Crippen molar-refractivity contribution < 1.29 is 14.9 Å². The Balaban J connectivity index is 1.51. The molecule has 0 unspecified atom stereocenters. The molecule has 3 nitrogen and oxygen atoms in total. The number of benzene rings is 6. The number of aromatic hydroxyl groups is 2. The smallest absolute Gasteiger partial charge is 0.120 e. The van der Waals surface area contributed by atoms with Gasteiger partial charge in [0.05, 0.1) is 0 Å². The van der Waals surface area contributed by atoms with Crippen molar-refractivity contribution in [1.82, 2.24) is 0 Å². The molecule has 0 saturated heterocycles. The number of hydrogen-bond donors (Lipinski definition) is 2. The van der Waals surface area contributed by atoms with Crippen molar-refractivity contribution in [3.8, 4) is 17.2 Å². The van der Waals surface area contributed by atoms with Gasteiger partial charge in [-0.1, -0.05) is 103 Å². The van der Waals surface area contributed by atoms with E-state index in [-0.39, 0.29) is 11.5 Å². The van der Waals surface area contributed by atoms with Crippen molar-refractivity contribution in [2.75, 3.05) is 0 Å². The number of rotatable bonds is 6. The highest BCUT2D eigenvalue weighted by Gasteiger charge is 2.27. The van der Waals surface area contributed by atoms with Crippen LogP contribution in [0.1, 0.15) is 28.2 Å². The SMILES string of the molecule is Oc1ccc2ccccc2c1C(c1ccc(OCc2ccccc2)cc1)c1c(O)ccc2ccccc12. The fourth-order valence-electron chi connectivity index (χ4n) is 5.15. The van der Waals surface area contributed by atoms with E-state index in [1.165, 1.54) is 0 Å². The molecule has 0 atom stereocenters. The van der Waals surface area contributed by atoms with Crippen LogP contribution in [0.15, 0.2) is 127 Å². The molecule has 3 heteroatoms.